The van der Waals surface area contributed by atoms with E-state index >= 15 is 0 Å². The molecule has 26 heavy (non-hydrogen) atoms. The normalized spacial score (nSPS) is 10.8. The highest BCUT2D eigenvalue weighted by atomic mass is 16.5. The minimum absolute atomic E-state index is 0.0192. The van der Waals surface area contributed by atoms with Crippen LogP contribution in [0.1, 0.15) is 30.8 Å². The van der Waals surface area contributed by atoms with Crippen LogP contribution in [0.25, 0.3) is 0 Å². The minimum Gasteiger partial charge on any atom is -0.489 e. The Morgan fingerprint density at radius 1 is 1.15 bits per heavy atom. The zero-order valence-electron chi connectivity index (χ0n) is 15.8. The molecule has 1 aromatic heterocycles. The summed E-state index contributed by atoms with van der Waals surface area (Å²) in [5.74, 6) is 0.961. The molecule has 0 aliphatic carbocycles. The number of benzene rings is 1. The number of para-hydroxylation sites is 2. The highest BCUT2D eigenvalue weighted by molar-refractivity contribution is 6.03. The summed E-state index contributed by atoms with van der Waals surface area (Å²) in [6, 6.07) is 10.7. The van der Waals surface area contributed by atoms with E-state index in [1.165, 1.54) is 0 Å². The number of amides is 1. The molecule has 7 nitrogen and oxygen atoms in total. The quantitative estimate of drug-likeness (QED) is 0.672. The van der Waals surface area contributed by atoms with Crippen molar-refractivity contribution in [3.05, 3.63) is 42.1 Å². The van der Waals surface area contributed by atoms with Crippen molar-refractivity contribution >= 4 is 17.4 Å². The molecule has 2 N–H and O–H groups in total. The SMILES string of the molecule is CC(C)Oc1ccccc1NC(=O)c1ccc(NCCCN(C)C)nn1. The Hall–Kier alpha value is -2.67. The number of ether oxygens (including phenoxy) is 1. The number of aromatic nitrogens is 2. The molecule has 0 radical (unpaired) electrons. The lowest BCUT2D eigenvalue weighted by Gasteiger charge is -2.14. The van der Waals surface area contributed by atoms with E-state index in [2.05, 4.69) is 25.7 Å². The summed E-state index contributed by atoms with van der Waals surface area (Å²) in [5, 5.41) is 14.1. The Bertz CT molecular complexity index is 701. The van der Waals surface area contributed by atoms with Crippen LogP contribution < -0.4 is 15.4 Å². The van der Waals surface area contributed by atoms with Gasteiger partial charge in [0.05, 0.1) is 11.8 Å². The monoisotopic (exact) mass is 357 g/mol. The van der Waals surface area contributed by atoms with Crippen LogP contribution in [0.15, 0.2) is 36.4 Å². The lowest BCUT2D eigenvalue weighted by atomic mass is 10.2. The molecule has 0 bridgehead atoms. The number of carbonyl (C=O) groups is 1. The van der Waals surface area contributed by atoms with Gasteiger partial charge in [-0.15, -0.1) is 10.2 Å². The number of carbonyl (C=O) groups excluding carboxylic acids is 1. The molecule has 2 rings (SSSR count). The first kappa shape index (κ1) is 19.7. The number of nitrogens with zero attached hydrogens (tertiary/aromatic N) is 3. The summed E-state index contributed by atoms with van der Waals surface area (Å²) in [4.78, 5) is 14.5. The lowest BCUT2D eigenvalue weighted by Crippen LogP contribution is -2.18. The first-order valence-electron chi connectivity index (χ1n) is 8.75. The maximum Gasteiger partial charge on any atom is 0.276 e. The largest absolute Gasteiger partial charge is 0.489 e. The van der Waals surface area contributed by atoms with E-state index in [-0.39, 0.29) is 17.7 Å². The summed E-state index contributed by atoms with van der Waals surface area (Å²) in [5.41, 5.74) is 0.863. The van der Waals surface area contributed by atoms with Crippen LogP contribution in [0.3, 0.4) is 0 Å². The van der Waals surface area contributed by atoms with Crippen LogP contribution in [0.2, 0.25) is 0 Å². The van der Waals surface area contributed by atoms with Crippen molar-refractivity contribution in [1.29, 1.82) is 0 Å². The van der Waals surface area contributed by atoms with Crippen molar-refractivity contribution in [1.82, 2.24) is 15.1 Å². The van der Waals surface area contributed by atoms with E-state index < -0.39 is 0 Å². The van der Waals surface area contributed by atoms with E-state index in [1.807, 2.05) is 46.1 Å². The van der Waals surface area contributed by atoms with Gasteiger partial charge in [-0.05, 0) is 65.2 Å². The van der Waals surface area contributed by atoms with Crippen LogP contribution in [-0.2, 0) is 0 Å². The Balaban J connectivity index is 1.94. The van der Waals surface area contributed by atoms with E-state index in [9.17, 15) is 4.79 Å². The minimum atomic E-state index is -0.323. The maximum absolute atomic E-state index is 12.4. The Kier molecular flexibility index (Phi) is 7.35. The van der Waals surface area contributed by atoms with Gasteiger partial charge in [0.25, 0.3) is 5.91 Å². The number of anilines is 2. The zero-order chi connectivity index (χ0) is 18.9. The molecule has 1 amide bonds. The highest BCUT2D eigenvalue weighted by Crippen LogP contribution is 2.25. The number of nitrogens with one attached hydrogen (secondary N) is 2. The molecule has 0 unspecified atom stereocenters. The predicted molar refractivity (Wildman–Crippen MR) is 104 cm³/mol. The van der Waals surface area contributed by atoms with Crippen molar-refractivity contribution in [2.75, 3.05) is 37.8 Å². The first-order valence-corrected chi connectivity index (χ1v) is 8.75. The lowest BCUT2D eigenvalue weighted by molar-refractivity contribution is 0.102. The predicted octanol–water partition coefficient (Wildman–Crippen LogP) is 2.88. The van der Waals surface area contributed by atoms with Gasteiger partial charge in [-0.3, -0.25) is 4.79 Å². The highest BCUT2D eigenvalue weighted by Gasteiger charge is 2.12. The summed E-state index contributed by atoms with van der Waals surface area (Å²) in [6.45, 7) is 5.68. The molecule has 1 aromatic carbocycles. The number of hydrogen-bond donors (Lipinski definition) is 2. The second kappa shape index (κ2) is 9.72. The fraction of sp³-hybridized carbons (Fsp3) is 0.421. The van der Waals surface area contributed by atoms with E-state index in [0.29, 0.717) is 17.3 Å². The third kappa shape index (κ3) is 6.33. The fourth-order valence-electron chi connectivity index (χ4n) is 2.27. The molecule has 7 heteroatoms. The van der Waals surface area contributed by atoms with E-state index in [0.717, 1.165) is 19.5 Å². The van der Waals surface area contributed by atoms with Gasteiger partial charge < -0.3 is 20.3 Å². The third-order valence-corrected chi connectivity index (χ3v) is 3.48. The van der Waals surface area contributed by atoms with Gasteiger partial charge in [0.1, 0.15) is 11.6 Å². The number of rotatable bonds is 9. The summed E-state index contributed by atoms with van der Waals surface area (Å²) >= 11 is 0. The maximum atomic E-state index is 12.4. The second-order valence-corrected chi connectivity index (χ2v) is 6.50. The van der Waals surface area contributed by atoms with Crippen LogP contribution in [-0.4, -0.2) is 54.3 Å². The average molecular weight is 357 g/mol. The van der Waals surface area contributed by atoms with Gasteiger partial charge in [0.15, 0.2) is 5.69 Å². The Morgan fingerprint density at radius 2 is 1.92 bits per heavy atom. The second-order valence-electron chi connectivity index (χ2n) is 6.50. The fourth-order valence-corrected chi connectivity index (χ4v) is 2.27. The molecule has 0 saturated carbocycles. The molecule has 0 aliphatic rings. The Labute approximate surface area is 154 Å². The van der Waals surface area contributed by atoms with Crippen molar-refractivity contribution in [2.24, 2.45) is 0 Å². The molecule has 1 heterocycles. The summed E-state index contributed by atoms with van der Waals surface area (Å²) in [6.07, 6.45) is 1.02. The van der Waals surface area contributed by atoms with Gasteiger partial charge in [0.2, 0.25) is 0 Å². The standard InChI is InChI=1S/C19H27N5O2/c1-14(2)26-17-9-6-5-8-15(17)21-19(25)16-10-11-18(23-22-16)20-12-7-13-24(3)4/h5-6,8-11,14H,7,12-13H2,1-4H3,(H,20,23)(H,21,25). The van der Waals surface area contributed by atoms with Crippen molar-refractivity contribution in [3.63, 3.8) is 0 Å². The van der Waals surface area contributed by atoms with Gasteiger partial charge >= 0.3 is 0 Å². The molecule has 140 valence electrons. The van der Waals surface area contributed by atoms with Gasteiger partial charge in [-0.2, -0.15) is 0 Å². The van der Waals surface area contributed by atoms with E-state index in [4.69, 9.17) is 4.74 Å². The topological polar surface area (TPSA) is 79.4 Å². The molecule has 2 aromatic rings. The first-order chi connectivity index (χ1) is 12.5. The Morgan fingerprint density at radius 3 is 2.58 bits per heavy atom. The molecule has 0 aliphatic heterocycles. The number of hydrogen-bond acceptors (Lipinski definition) is 6. The van der Waals surface area contributed by atoms with Gasteiger partial charge in [-0.25, -0.2) is 0 Å². The molecule has 0 saturated heterocycles. The average Bonchev–Trinajstić information content (AvgIpc) is 2.60. The zero-order valence-corrected chi connectivity index (χ0v) is 15.8. The van der Waals surface area contributed by atoms with E-state index in [1.54, 1.807) is 18.2 Å². The van der Waals surface area contributed by atoms with Crippen molar-refractivity contribution < 1.29 is 9.53 Å². The van der Waals surface area contributed by atoms with Crippen molar-refractivity contribution in [3.8, 4) is 5.75 Å². The summed E-state index contributed by atoms with van der Waals surface area (Å²) in [7, 11) is 4.08. The smallest absolute Gasteiger partial charge is 0.276 e. The molecular formula is C19H27N5O2. The van der Waals surface area contributed by atoms with Crippen LogP contribution in [0, 0.1) is 0 Å². The van der Waals surface area contributed by atoms with Crippen LogP contribution in [0.5, 0.6) is 5.75 Å². The van der Waals surface area contributed by atoms with Gasteiger partial charge in [0, 0.05) is 6.54 Å². The third-order valence-electron chi connectivity index (χ3n) is 3.48. The van der Waals surface area contributed by atoms with Crippen LogP contribution in [0.4, 0.5) is 11.5 Å². The van der Waals surface area contributed by atoms with Gasteiger partial charge in [-0.1, -0.05) is 12.1 Å². The molecule has 0 fully saturated rings. The van der Waals surface area contributed by atoms with Crippen molar-refractivity contribution in [2.45, 2.75) is 26.4 Å². The molecule has 0 spiro atoms. The molecular weight excluding hydrogens is 330 g/mol. The van der Waals surface area contributed by atoms with Crippen LogP contribution >= 0.6 is 0 Å². The molecule has 0 atom stereocenters. The summed E-state index contributed by atoms with van der Waals surface area (Å²) < 4.78 is 5.71.